The first-order valence-electron chi connectivity index (χ1n) is 6.57. The highest BCUT2D eigenvalue weighted by molar-refractivity contribution is 5.22. The number of piperidine rings is 1. The van der Waals surface area contributed by atoms with Gasteiger partial charge in [-0.2, -0.15) is 0 Å². The zero-order valence-corrected chi connectivity index (χ0v) is 10.9. The number of likely N-dealkylation sites (N-methyl/N-ethyl adjacent to an activating group) is 1. The topological polar surface area (TPSA) is 24.5 Å². The van der Waals surface area contributed by atoms with Gasteiger partial charge in [-0.15, -0.1) is 0 Å². The van der Waals surface area contributed by atoms with Crippen molar-refractivity contribution in [2.75, 3.05) is 33.2 Å². The first kappa shape index (κ1) is 13.3. The van der Waals surface area contributed by atoms with Crippen LogP contribution in [0.2, 0.25) is 0 Å². The van der Waals surface area contributed by atoms with Crippen LogP contribution in [0.15, 0.2) is 24.3 Å². The van der Waals surface area contributed by atoms with Gasteiger partial charge in [0.2, 0.25) is 0 Å². The summed E-state index contributed by atoms with van der Waals surface area (Å²) in [5.74, 6) is 0.550. The molecule has 0 radical (unpaired) electrons. The van der Waals surface area contributed by atoms with Gasteiger partial charge < -0.3 is 15.0 Å². The Morgan fingerprint density at radius 1 is 1.28 bits per heavy atom. The fourth-order valence-electron chi connectivity index (χ4n) is 2.23. The highest BCUT2D eigenvalue weighted by atomic mass is 19.1. The number of nitrogens with one attached hydrogen (secondary N) is 1. The van der Waals surface area contributed by atoms with Crippen molar-refractivity contribution in [1.29, 1.82) is 0 Å². The highest BCUT2D eigenvalue weighted by Crippen LogP contribution is 2.19. The van der Waals surface area contributed by atoms with Gasteiger partial charge in [0.25, 0.3) is 0 Å². The summed E-state index contributed by atoms with van der Waals surface area (Å²) in [6, 6.07) is 6.28. The standard InChI is InChI=1S/C14H21FN2O/c1-16-8-11-17-9-6-14(7-10-17)18-13-4-2-12(15)3-5-13/h2-5,14,16H,6-11H2,1H3. The normalized spacial score (nSPS) is 17.9. The van der Waals surface area contributed by atoms with Crippen LogP contribution in [-0.4, -0.2) is 44.2 Å². The zero-order valence-electron chi connectivity index (χ0n) is 10.9. The van der Waals surface area contributed by atoms with Gasteiger partial charge in [-0.1, -0.05) is 0 Å². The van der Waals surface area contributed by atoms with Gasteiger partial charge in [0.05, 0.1) is 0 Å². The molecule has 0 saturated carbocycles. The fourth-order valence-corrected chi connectivity index (χ4v) is 2.23. The van der Waals surface area contributed by atoms with Crippen molar-refractivity contribution in [3.63, 3.8) is 0 Å². The smallest absolute Gasteiger partial charge is 0.123 e. The minimum Gasteiger partial charge on any atom is -0.490 e. The largest absolute Gasteiger partial charge is 0.490 e. The van der Waals surface area contributed by atoms with Crippen LogP contribution in [0.25, 0.3) is 0 Å². The van der Waals surface area contributed by atoms with Gasteiger partial charge in [-0.05, 0) is 44.2 Å². The van der Waals surface area contributed by atoms with Crippen molar-refractivity contribution in [2.45, 2.75) is 18.9 Å². The Morgan fingerprint density at radius 3 is 2.56 bits per heavy atom. The van der Waals surface area contributed by atoms with Crippen LogP contribution in [0.4, 0.5) is 4.39 Å². The summed E-state index contributed by atoms with van der Waals surface area (Å²) in [6.07, 6.45) is 2.35. The van der Waals surface area contributed by atoms with Gasteiger partial charge in [0.1, 0.15) is 17.7 Å². The van der Waals surface area contributed by atoms with Crippen LogP contribution < -0.4 is 10.1 Å². The molecule has 3 nitrogen and oxygen atoms in total. The van der Waals surface area contributed by atoms with E-state index in [4.69, 9.17) is 4.74 Å². The minimum absolute atomic E-state index is 0.218. The summed E-state index contributed by atoms with van der Waals surface area (Å²) in [6.45, 7) is 4.28. The zero-order chi connectivity index (χ0) is 12.8. The number of halogens is 1. The number of ether oxygens (including phenoxy) is 1. The van der Waals surface area contributed by atoms with E-state index in [0.29, 0.717) is 0 Å². The lowest BCUT2D eigenvalue weighted by atomic mass is 10.1. The Morgan fingerprint density at radius 2 is 1.94 bits per heavy atom. The van der Waals surface area contributed by atoms with Gasteiger partial charge in [0, 0.05) is 26.2 Å². The van der Waals surface area contributed by atoms with E-state index < -0.39 is 0 Å². The van der Waals surface area contributed by atoms with Crippen molar-refractivity contribution in [2.24, 2.45) is 0 Å². The average Bonchev–Trinajstić information content (AvgIpc) is 2.41. The molecular formula is C14H21FN2O. The predicted molar refractivity (Wildman–Crippen MR) is 70.4 cm³/mol. The van der Waals surface area contributed by atoms with Gasteiger partial charge in [-0.25, -0.2) is 4.39 Å². The van der Waals surface area contributed by atoms with Crippen LogP contribution in [0.5, 0.6) is 5.75 Å². The number of nitrogens with zero attached hydrogens (tertiary/aromatic N) is 1. The molecule has 0 atom stereocenters. The summed E-state index contributed by atoms with van der Waals surface area (Å²) in [5.41, 5.74) is 0. The minimum atomic E-state index is -0.218. The quantitative estimate of drug-likeness (QED) is 0.866. The summed E-state index contributed by atoms with van der Waals surface area (Å²) in [5, 5.41) is 3.16. The van der Waals surface area contributed by atoms with E-state index in [1.54, 1.807) is 12.1 Å². The molecule has 1 fully saturated rings. The maximum absolute atomic E-state index is 12.8. The number of benzene rings is 1. The van der Waals surface area contributed by atoms with E-state index in [1.807, 2.05) is 7.05 Å². The molecule has 0 aliphatic carbocycles. The third-order valence-corrected chi connectivity index (χ3v) is 3.33. The van der Waals surface area contributed by atoms with Crippen molar-refractivity contribution in [3.8, 4) is 5.75 Å². The van der Waals surface area contributed by atoms with Gasteiger partial charge in [-0.3, -0.25) is 0 Å². The lowest BCUT2D eigenvalue weighted by molar-refractivity contribution is 0.101. The molecule has 0 amide bonds. The van der Waals surface area contributed by atoms with E-state index >= 15 is 0 Å². The summed E-state index contributed by atoms with van der Waals surface area (Å²) >= 11 is 0. The predicted octanol–water partition coefficient (Wildman–Crippen LogP) is 1.89. The number of hydrogen-bond donors (Lipinski definition) is 1. The molecule has 18 heavy (non-hydrogen) atoms. The molecule has 1 aliphatic heterocycles. The first-order chi connectivity index (χ1) is 8.78. The Bertz CT molecular complexity index is 347. The van der Waals surface area contributed by atoms with E-state index in [2.05, 4.69) is 10.2 Å². The van der Waals surface area contributed by atoms with Crippen LogP contribution in [0, 0.1) is 5.82 Å². The Balaban J connectivity index is 1.74. The second-order valence-electron chi connectivity index (χ2n) is 4.72. The molecule has 0 spiro atoms. The van der Waals surface area contributed by atoms with Gasteiger partial charge >= 0.3 is 0 Å². The molecule has 100 valence electrons. The van der Waals surface area contributed by atoms with E-state index in [1.165, 1.54) is 12.1 Å². The third-order valence-electron chi connectivity index (χ3n) is 3.33. The Hall–Kier alpha value is -1.13. The summed E-state index contributed by atoms with van der Waals surface area (Å²) in [4.78, 5) is 2.45. The molecule has 0 unspecified atom stereocenters. The molecule has 1 N–H and O–H groups in total. The first-order valence-corrected chi connectivity index (χ1v) is 6.57. The van der Waals surface area contributed by atoms with Crippen LogP contribution >= 0.6 is 0 Å². The number of likely N-dealkylation sites (tertiary alicyclic amines) is 1. The van der Waals surface area contributed by atoms with Crippen molar-refractivity contribution in [3.05, 3.63) is 30.1 Å². The lowest BCUT2D eigenvalue weighted by Gasteiger charge is -2.32. The monoisotopic (exact) mass is 252 g/mol. The fraction of sp³-hybridized carbons (Fsp3) is 0.571. The molecule has 1 aromatic rings. The molecule has 1 aromatic carbocycles. The molecule has 4 heteroatoms. The van der Waals surface area contributed by atoms with E-state index in [0.717, 1.165) is 44.8 Å². The maximum Gasteiger partial charge on any atom is 0.123 e. The van der Waals surface area contributed by atoms with Gasteiger partial charge in [0.15, 0.2) is 0 Å². The Labute approximate surface area is 108 Å². The molecule has 1 saturated heterocycles. The molecule has 0 bridgehead atoms. The second kappa shape index (κ2) is 6.71. The SMILES string of the molecule is CNCCN1CCC(Oc2ccc(F)cc2)CC1. The number of hydrogen-bond acceptors (Lipinski definition) is 3. The lowest BCUT2D eigenvalue weighted by Crippen LogP contribution is -2.40. The van der Waals surface area contributed by atoms with Crippen molar-refractivity contribution in [1.82, 2.24) is 10.2 Å². The van der Waals surface area contributed by atoms with E-state index in [9.17, 15) is 4.39 Å². The molecular weight excluding hydrogens is 231 g/mol. The highest BCUT2D eigenvalue weighted by Gasteiger charge is 2.19. The maximum atomic E-state index is 12.8. The molecule has 1 heterocycles. The summed E-state index contributed by atoms with van der Waals surface area (Å²) in [7, 11) is 1.98. The van der Waals surface area contributed by atoms with Crippen LogP contribution in [0.3, 0.4) is 0 Å². The summed E-state index contributed by atoms with van der Waals surface area (Å²) < 4.78 is 18.6. The van der Waals surface area contributed by atoms with Crippen molar-refractivity contribution < 1.29 is 9.13 Å². The average molecular weight is 252 g/mol. The van der Waals surface area contributed by atoms with Crippen LogP contribution in [-0.2, 0) is 0 Å². The molecule has 2 rings (SSSR count). The van der Waals surface area contributed by atoms with Crippen molar-refractivity contribution >= 4 is 0 Å². The molecule has 0 aromatic heterocycles. The molecule has 1 aliphatic rings. The second-order valence-corrected chi connectivity index (χ2v) is 4.72. The number of rotatable bonds is 5. The Kier molecular flexibility index (Phi) is 4.96. The van der Waals surface area contributed by atoms with Crippen LogP contribution in [0.1, 0.15) is 12.8 Å². The van der Waals surface area contributed by atoms with E-state index in [-0.39, 0.29) is 11.9 Å². The third kappa shape index (κ3) is 3.96.